The van der Waals surface area contributed by atoms with Gasteiger partial charge in [0.05, 0.1) is 0 Å². The summed E-state index contributed by atoms with van der Waals surface area (Å²) in [4.78, 5) is 22.6. The third-order valence-corrected chi connectivity index (χ3v) is 3.42. The Bertz CT molecular complexity index is 825. The summed E-state index contributed by atoms with van der Waals surface area (Å²) < 4.78 is 1.59. The van der Waals surface area contributed by atoms with E-state index in [2.05, 4.69) is 15.1 Å². The van der Waals surface area contributed by atoms with E-state index >= 15 is 0 Å². The fourth-order valence-corrected chi connectivity index (χ4v) is 2.36. The summed E-state index contributed by atoms with van der Waals surface area (Å²) in [5, 5.41) is 4.27. The van der Waals surface area contributed by atoms with Crippen LogP contribution in [0.5, 0.6) is 0 Å². The van der Waals surface area contributed by atoms with Gasteiger partial charge in [-0.25, -0.2) is 9.50 Å². The second-order valence-corrected chi connectivity index (χ2v) is 5.33. The third-order valence-electron chi connectivity index (χ3n) is 3.42. The molecule has 6 heteroatoms. The maximum atomic E-state index is 12.5. The van der Waals surface area contributed by atoms with Crippen molar-refractivity contribution in [3.63, 3.8) is 0 Å². The van der Waals surface area contributed by atoms with Crippen LogP contribution in [0.3, 0.4) is 0 Å². The van der Waals surface area contributed by atoms with E-state index in [9.17, 15) is 4.79 Å². The molecule has 0 radical (unpaired) electrons. The Kier molecular flexibility index (Phi) is 3.58. The van der Waals surface area contributed by atoms with E-state index in [-0.39, 0.29) is 11.7 Å². The molecule has 0 aliphatic carbocycles. The number of hydrogen-bond donors (Lipinski definition) is 0. The van der Waals surface area contributed by atoms with Crippen molar-refractivity contribution in [2.45, 2.75) is 20.4 Å². The van der Waals surface area contributed by atoms with Crippen LogP contribution < -0.4 is 0 Å². The number of amides is 1. The average Bonchev–Trinajstić information content (AvgIpc) is 2.91. The SMILES string of the molecule is Cc1cc(C)n2nc(C(=O)N(C)Cc3ccccc3)nc2n1. The molecule has 0 bridgehead atoms. The normalized spacial score (nSPS) is 10.9. The molecule has 22 heavy (non-hydrogen) atoms. The Morgan fingerprint density at radius 1 is 1.18 bits per heavy atom. The number of carbonyl (C=O) groups excluding carboxylic acids is 1. The second-order valence-electron chi connectivity index (χ2n) is 5.33. The van der Waals surface area contributed by atoms with E-state index in [1.807, 2.05) is 50.2 Å². The molecule has 1 amide bonds. The third kappa shape index (κ3) is 2.67. The zero-order valence-electron chi connectivity index (χ0n) is 12.8. The molecule has 0 saturated carbocycles. The number of hydrogen-bond acceptors (Lipinski definition) is 4. The van der Waals surface area contributed by atoms with Gasteiger partial charge in [0.1, 0.15) is 0 Å². The number of benzene rings is 1. The first-order valence-electron chi connectivity index (χ1n) is 7.05. The first-order valence-corrected chi connectivity index (χ1v) is 7.05. The van der Waals surface area contributed by atoms with Gasteiger partial charge >= 0.3 is 0 Å². The van der Waals surface area contributed by atoms with E-state index in [4.69, 9.17) is 0 Å². The standard InChI is InChI=1S/C16H17N5O/c1-11-9-12(2)21-16(17-11)18-14(19-21)15(22)20(3)10-13-7-5-4-6-8-13/h4-9H,10H2,1-3H3. The molecular weight excluding hydrogens is 278 g/mol. The van der Waals surface area contributed by atoms with Crippen LogP contribution in [0, 0.1) is 13.8 Å². The number of fused-ring (bicyclic) bond motifs is 1. The predicted octanol–water partition coefficient (Wildman–Crippen LogP) is 2.01. The van der Waals surface area contributed by atoms with Gasteiger partial charge < -0.3 is 4.90 Å². The van der Waals surface area contributed by atoms with E-state index in [0.717, 1.165) is 17.0 Å². The molecule has 1 aromatic carbocycles. The molecule has 2 heterocycles. The Hall–Kier alpha value is -2.76. The van der Waals surface area contributed by atoms with Gasteiger partial charge in [-0.1, -0.05) is 30.3 Å². The van der Waals surface area contributed by atoms with Crippen LogP contribution >= 0.6 is 0 Å². The average molecular weight is 295 g/mol. The molecule has 112 valence electrons. The molecule has 0 aliphatic rings. The summed E-state index contributed by atoms with van der Waals surface area (Å²) in [6.07, 6.45) is 0. The molecular formula is C16H17N5O. The summed E-state index contributed by atoms with van der Waals surface area (Å²) in [6, 6.07) is 11.7. The molecule has 0 spiro atoms. The summed E-state index contributed by atoms with van der Waals surface area (Å²) in [7, 11) is 1.74. The van der Waals surface area contributed by atoms with Crippen molar-refractivity contribution in [1.82, 2.24) is 24.5 Å². The number of nitrogens with zero attached hydrogens (tertiary/aromatic N) is 5. The molecule has 0 unspecified atom stereocenters. The Morgan fingerprint density at radius 3 is 2.64 bits per heavy atom. The fourth-order valence-electron chi connectivity index (χ4n) is 2.36. The summed E-state index contributed by atoms with van der Waals surface area (Å²) in [6.45, 7) is 4.32. The summed E-state index contributed by atoms with van der Waals surface area (Å²) in [5.41, 5.74) is 2.82. The van der Waals surface area contributed by atoms with Crippen LogP contribution in [0.25, 0.3) is 5.78 Å². The highest BCUT2D eigenvalue weighted by atomic mass is 16.2. The Balaban J connectivity index is 1.87. The van der Waals surface area contributed by atoms with Crippen LogP contribution in [0.4, 0.5) is 0 Å². The molecule has 0 atom stereocenters. The van der Waals surface area contributed by atoms with Crippen molar-refractivity contribution in [2.75, 3.05) is 7.05 Å². The zero-order chi connectivity index (χ0) is 15.7. The molecule has 0 aliphatic heterocycles. The lowest BCUT2D eigenvalue weighted by Crippen LogP contribution is -2.27. The van der Waals surface area contributed by atoms with Gasteiger partial charge in [-0.2, -0.15) is 4.98 Å². The van der Waals surface area contributed by atoms with Crippen LogP contribution in [-0.4, -0.2) is 37.4 Å². The number of aryl methyl sites for hydroxylation is 2. The molecule has 3 aromatic rings. The van der Waals surface area contributed by atoms with Crippen LogP contribution in [0.15, 0.2) is 36.4 Å². The minimum Gasteiger partial charge on any atom is -0.335 e. The predicted molar refractivity (Wildman–Crippen MR) is 82.5 cm³/mol. The van der Waals surface area contributed by atoms with Crippen LogP contribution in [-0.2, 0) is 6.54 Å². The smallest absolute Gasteiger partial charge is 0.293 e. The monoisotopic (exact) mass is 295 g/mol. The quantitative estimate of drug-likeness (QED) is 0.741. The molecule has 0 saturated heterocycles. The zero-order valence-corrected chi connectivity index (χ0v) is 12.8. The van der Waals surface area contributed by atoms with Gasteiger partial charge in [0.2, 0.25) is 5.82 Å². The highest BCUT2D eigenvalue weighted by Crippen LogP contribution is 2.09. The molecule has 0 N–H and O–H groups in total. The van der Waals surface area contributed by atoms with Crippen molar-refractivity contribution in [3.05, 3.63) is 59.2 Å². The van der Waals surface area contributed by atoms with Gasteiger partial charge in [0, 0.05) is 25.0 Å². The molecule has 2 aromatic heterocycles. The largest absolute Gasteiger partial charge is 0.335 e. The van der Waals surface area contributed by atoms with Crippen molar-refractivity contribution in [2.24, 2.45) is 0 Å². The van der Waals surface area contributed by atoms with Gasteiger partial charge in [0.15, 0.2) is 0 Å². The van der Waals surface area contributed by atoms with Crippen molar-refractivity contribution in [1.29, 1.82) is 0 Å². The van der Waals surface area contributed by atoms with Gasteiger partial charge in [-0.3, -0.25) is 4.79 Å². The lowest BCUT2D eigenvalue weighted by atomic mass is 10.2. The fraction of sp³-hybridized carbons (Fsp3) is 0.250. The first-order chi connectivity index (χ1) is 10.5. The van der Waals surface area contributed by atoms with Gasteiger partial charge in [0.25, 0.3) is 11.7 Å². The van der Waals surface area contributed by atoms with Gasteiger partial charge in [-0.05, 0) is 25.5 Å². The van der Waals surface area contributed by atoms with E-state index < -0.39 is 0 Å². The lowest BCUT2D eigenvalue weighted by molar-refractivity contribution is 0.0773. The number of carbonyl (C=O) groups is 1. The Labute approximate surface area is 128 Å². The van der Waals surface area contributed by atoms with E-state index in [1.165, 1.54) is 0 Å². The number of aromatic nitrogens is 4. The minimum absolute atomic E-state index is 0.166. The topological polar surface area (TPSA) is 63.4 Å². The first kappa shape index (κ1) is 14.2. The maximum Gasteiger partial charge on any atom is 0.293 e. The van der Waals surface area contributed by atoms with Crippen molar-refractivity contribution in [3.8, 4) is 0 Å². The van der Waals surface area contributed by atoms with Crippen LogP contribution in [0.2, 0.25) is 0 Å². The van der Waals surface area contributed by atoms with Crippen molar-refractivity contribution < 1.29 is 4.79 Å². The lowest BCUT2D eigenvalue weighted by Gasteiger charge is -2.14. The second kappa shape index (κ2) is 5.55. The van der Waals surface area contributed by atoms with E-state index in [0.29, 0.717) is 12.3 Å². The Morgan fingerprint density at radius 2 is 1.91 bits per heavy atom. The number of rotatable bonds is 3. The minimum atomic E-state index is -0.216. The van der Waals surface area contributed by atoms with E-state index in [1.54, 1.807) is 16.5 Å². The molecule has 0 fully saturated rings. The maximum absolute atomic E-state index is 12.5. The van der Waals surface area contributed by atoms with Crippen LogP contribution in [0.1, 0.15) is 27.6 Å². The van der Waals surface area contributed by atoms with Gasteiger partial charge in [-0.15, -0.1) is 5.10 Å². The van der Waals surface area contributed by atoms with Crippen molar-refractivity contribution >= 4 is 11.7 Å². The summed E-state index contributed by atoms with van der Waals surface area (Å²) in [5.74, 6) is 0.403. The highest BCUT2D eigenvalue weighted by Gasteiger charge is 2.19. The summed E-state index contributed by atoms with van der Waals surface area (Å²) >= 11 is 0. The molecule has 6 nitrogen and oxygen atoms in total. The highest BCUT2D eigenvalue weighted by molar-refractivity contribution is 5.90. The molecule has 3 rings (SSSR count).